The highest BCUT2D eigenvalue weighted by Crippen LogP contribution is 2.30. The number of morpholine rings is 1. The molecule has 1 heterocycles. The monoisotopic (exact) mass is 485 g/mol. The Bertz CT molecular complexity index is 1060. The van der Waals surface area contributed by atoms with Crippen LogP contribution in [0, 0.1) is 11.3 Å². The summed E-state index contributed by atoms with van der Waals surface area (Å²) in [7, 11) is 1.49. The van der Waals surface area contributed by atoms with Gasteiger partial charge in [-0.25, -0.2) is 0 Å². The number of rotatable bonds is 10. The maximum atomic E-state index is 12.7. The van der Waals surface area contributed by atoms with Crippen molar-refractivity contribution in [1.29, 1.82) is 5.26 Å². The first-order valence-corrected chi connectivity index (χ1v) is 11.4. The smallest absolute Gasteiger partial charge is 0.266 e. The second-order valence-electron chi connectivity index (χ2n) is 7.41. The standard InChI is InChI=1S/C25H28ClN3O5/c1-3-33-24-15-18(4-6-23(24)34-13-10-29-8-11-32-12-9-29)14-19(17-27)25(30)28-21-16-20(26)5-7-22(21)31-2/h4-7,14-16H,3,8-13H2,1-2H3,(H,28,30). The quantitative estimate of drug-likeness (QED) is 0.401. The maximum Gasteiger partial charge on any atom is 0.266 e. The number of halogens is 1. The van der Waals surface area contributed by atoms with Crippen LogP contribution >= 0.6 is 11.6 Å². The second-order valence-corrected chi connectivity index (χ2v) is 7.85. The number of anilines is 1. The maximum absolute atomic E-state index is 12.7. The van der Waals surface area contributed by atoms with Crippen LogP contribution in [-0.4, -0.2) is 64.0 Å². The van der Waals surface area contributed by atoms with Gasteiger partial charge in [-0.05, 0) is 48.9 Å². The van der Waals surface area contributed by atoms with Crippen LogP contribution in [0.2, 0.25) is 5.02 Å². The zero-order chi connectivity index (χ0) is 24.3. The summed E-state index contributed by atoms with van der Waals surface area (Å²) in [5.74, 6) is 1.02. The predicted molar refractivity (Wildman–Crippen MR) is 131 cm³/mol. The normalized spacial score (nSPS) is 14.2. The molecule has 1 amide bonds. The van der Waals surface area contributed by atoms with Crippen LogP contribution in [0.4, 0.5) is 5.69 Å². The van der Waals surface area contributed by atoms with Crippen LogP contribution in [0.25, 0.3) is 6.08 Å². The van der Waals surface area contributed by atoms with Gasteiger partial charge >= 0.3 is 0 Å². The van der Waals surface area contributed by atoms with Crippen molar-refractivity contribution in [2.75, 3.05) is 58.5 Å². The number of benzene rings is 2. The lowest BCUT2D eigenvalue weighted by molar-refractivity contribution is -0.112. The number of amides is 1. The Labute approximate surface area is 204 Å². The van der Waals surface area contributed by atoms with Gasteiger partial charge < -0.3 is 24.3 Å². The van der Waals surface area contributed by atoms with Gasteiger partial charge in [0.15, 0.2) is 11.5 Å². The summed E-state index contributed by atoms with van der Waals surface area (Å²) in [6, 6.07) is 12.1. The lowest BCUT2D eigenvalue weighted by atomic mass is 10.1. The van der Waals surface area contributed by atoms with Crippen molar-refractivity contribution in [2.24, 2.45) is 0 Å². The Kier molecular flexibility index (Phi) is 9.59. The molecule has 0 atom stereocenters. The number of nitriles is 1. The van der Waals surface area contributed by atoms with E-state index in [0.717, 1.165) is 32.8 Å². The molecule has 0 unspecified atom stereocenters. The van der Waals surface area contributed by atoms with E-state index in [1.54, 1.807) is 36.4 Å². The number of methoxy groups -OCH3 is 1. The number of hydrogen-bond donors (Lipinski definition) is 1. The van der Waals surface area contributed by atoms with Gasteiger partial charge in [-0.15, -0.1) is 0 Å². The number of hydrogen-bond acceptors (Lipinski definition) is 7. The molecule has 1 aliphatic heterocycles. The number of nitrogens with zero attached hydrogens (tertiary/aromatic N) is 2. The first kappa shape index (κ1) is 25.4. The first-order valence-electron chi connectivity index (χ1n) is 11.0. The fraction of sp³-hybridized carbons (Fsp3) is 0.360. The van der Waals surface area contributed by atoms with Gasteiger partial charge in [0.1, 0.15) is 24.0 Å². The van der Waals surface area contributed by atoms with Crippen molar-refractivity contribution in [1.82, 2.24) is 4.90 Å². The number of nitrogens with one attached hydrogen (secondary N) is 1. The molecular formula is C25H28ClN3O5. The van der Waals surface area contributed by atoms with Crippen molar-refractivity contribution < 1.29 is 23.7 Å². The van der Waals surface area contributed by atoms with Gasteiger partial charge in [-0.2, -0.15) is 5.26 Å². The van der Waals surface area contributed by atoms with Gasteiger partial charge in [-0.3, -0.25) is 9.69 Å². The first-order chi connectivity index (χ1) is 16.5. The van der Waals surface area contributed by atoms with E-state index in [2.05, 4.69) is 10.2 Å². The molecule has 0 aromatic heterocycles. The third-order valence-corrected chi connectivity index (χ3v) is 5.36. The summed E-state index contributed by atoms with van der Waals surface area (Å²) in [4.78, 5) is 15.0. The summed E-state index contributed by atoms with van der Waals surface area (Å²) < 4.78 is 22.3. The molecule has 0 bridgehead atoms. The Morgan fingerprint density at radius 3 is 2.65 bits per heavy atom. The number of carbonyl (C=O) groups is 1. The molecule has 0 radical (unpaired) electrons. The highest BCUT2D eigenvalue weighted by atomic mass is 35.5. The molecule has 0 saturated carbocycles. The molecule has 0 aliphatic carbocycles. The second kappa shape index (κ2) is 12.8. The van der Waals surface area contributed by atoms with Crippen LogP contribution in [-0.2, 0) is 9.53 Å². The lowest BCUT2D eigenvalue weighted by Gasteiger charge is -2.26. The topological polar surface area (TPSA) is 93.0 Å². The van der Waals surface area contributed by atoms with E-state index >= 15 is 0 Å². The van der Waals surface area contributed by atoms with Crippen LogP contribution < -0.4 is 19.5 Å². The fourth-order valence-electron chi connectivity index (χ4n) is 3.39. The van der Waals surface area contributed by atoms with Gasteiger partial charge in [0.05, 0.1) is 32.6 Å². The van der Waals surface area contributed by atoms with Crippen molar-refractivity contribution in [3.63, 3.8) is 0 Å². The molecule has 1 fully saturated rings. The summed E-state index contributed by atoms with van der Waals surface area (Å²) in [5, 5.41) is 12.7. The zero-order valence-corrected chi connectivity index (χ0v) is 20.1. The van der Waals surface area contributed by atoms with Crippen LogP contribution in [0.1, 0.15) is 12.5 Å². The van der Waals surface area contributed by atoms with E-state index in [4.69, 9.17) is 30.5 Å². The highest BCUT2D eigenvalue weighted by Gasteiger charge is 2.15. The minimum atomic E-state index is -0.577. The van der Waals surface area contributed by atoms with E-state index in [-0.39, 0.29) is 5.57 Å². The van der Waals surface area contributed by atoms with E-state index < -0.39 is 5.91 Å². The van der Waals surface area contributed by atoms with E-state index in [1.807, 2.05) is 13.0 Å². The zero-order valence-electron chi connectivity index (χ0n) is 19.3. The van der Waals surface area contributed by atoms with Crippen molar-refractivity contribution in [3.8, 4) is 23.3 Å². The summed E-state index contributed by atoms with van der Waals surface area (Å²) in [6.07, 6.45) is 1.49. The molecule has 180 valence electrons. The predicted octanol–water partition coefficient (Wildman–Crippen LogP) is 4.00. The van der Waals surface area contributed by atoms with Gasteiger partial charge in [0.25, 0.3) is 5.91 Å². The SMILES string of the molecule is CCOc1cc(C=C(C#N)C(=O)Nc2cc(Cl)ccc2OC)ccc1OCCN1CCOCC1. The Morgan fingerprint density at radius 1 is 1.18 bits per heavy atom. The minimum Gasteiger partial charge on any atom is -0.495 e. The highest BCUT2D eigenvalue weighted by molar-refractivity contribution is 6.31. The average Bonchev–Trinajstić information content (AvgIpc) is 2.84. The van der Waals surface area contributed by atoms with Crippen molar-refractivity contribution in [2.45, 2.75) is 6.92 Å². The molecule has 8 nitrogen and oxygen atoms in total. The van der Waals surface area contributed by atoms with Crippen LogP contribution in [0.5, 0.6) is 17.2 Å². The Morgan fingerprint density at radius 2 is 1.94 bits per heavy atom. The van der Waals surface area contributed by atoms with E-state index in [9.17, 15) is 10.1 Å². The van der Waals surface area contributed by atoms with Gasteiger partial charge in [0, 0.05) is 24.7 Å². The molecular weight excluding hydrogens is 458 g/mol. The molecule has 3 rings (SSSR count). The van der Waals surface area contributed by atoms with E-state index in [0.29, 0.717) is 46.7 Å². The van der Waals surface area contributed by atoms with Crippen LogP contribution in [0.3, 0.4) is 0 Å². The molecule has 0 spiro atoms. The summed E-state index contributed by atoms with van der Waals surface area (Å²) >= 11 is 6.02. The van der Waals surface area contributed by atoms with E-state index in [1.165, 1.54) is 13.2 Å². The van der Waals surface area contributed by atoms with Crippen LogP contribution in [0.15, 0.2) is 42.0 Å². The minimum absolute atomic E-state index is 0.0783. The third kappa shape index (κ3) is 7.12. The molecule has 34 heavy (non-hydrogen) atoms. The molecule has 2 aromatic rings. The van der Waals surface area contributed by atoms with Gasteiger partial charge in [-0.1, -0.05) is 17.7 Å². The van der Waals surface area contributed by atoms with Crippen molar-refractivity contribution in [3.05, 3.63) is 52.6 Å². The van der Waals surface area contributed by atoms with Crippen molar-refractivity contribution >= 4 is 29.3 Å². The molecule has 1 N–H and O–H groups in total. The lowest BCUT2D eigenvalue weighted by Crippen LogP contribution is -2.38. The number of ether oxygens (including phenoxy) is 4. The molecule has 1 aliphatic rings. The molecule has 2 aromatic carbocycles. The summed E-state index contributed by atoms with van der Waals surface area (Å²) in [6.45, 7) is 6.91. The molecule has 1 saturated heterocycles. The Balaban J connectivity index is 1.72. The fourth-order valence-corrected chi connectivity index (χ4v) is 3.57. The third-order valence-electron chi connectivity index (χ3n) is 5.12. The Hall–Kier alpha value is -3.25. The summed E-state index contributed by atoms with van der Waals surface area (Å²) in [5.41, 5.74) is 0.930. The largest absolute Gasteiger partial charge is 0.495 e. The molecule has 9 heteroatoms. The number of carbonyl (C=O) groups excluding carboxylic acids is 1. The average molecular weight is 486 g/mol. The van der Waals surface area contributed by atoms with Gasteiger partial charge in [0.2, 0.25) is 0 Å².